The maximum absolute atomic E-state index is 14.3. The van der Waals surface area contributed by atoms with Crippen molar-refractivity contribution in [2.45, 2.75) is 95.1 Å². The van der Waals surface area contributed by atoms with E-state index in [-0.39, 0.29) is 37.3 Å². The van der Waals surface area contributed by atoms with Crippen molar-refractivity contribution in [2.75, 3.05) is 33.3 Å². The molecule has 3 aliphatic rings. The van der Waals surface area contributed by atoms with Gasteiger partial charge in [0.05, 0.1) is 24.0 Å². The first-order chi connectivity index (χ1) is 22.2. The highest BCUT2D eigenvalue weighted by molar-refractivity contribution is 5.98. The topological polar surface area (TPSA) is 117 Å². The van der Waals surface area contributed by atoms with Crippen molar-refractivity contribution in [1.29, 1.82) is 0 Å². The third-order valence-corrected chi connectivity index (χ3v) is 9.93. The largest absolute Gasteiger partial charge is 0.455 e. The van der Waals surface area contributed by atoms with Crippen LogP contribution in [0.3, 0.4) is 0 Å². The quantitative estimate of drug-likeness (QED) is 0.147. The van der Waals surface area contributed by atoms with Gasteiger partial charge in [0.1, 0.15) is 17.7 Å². The summed E-state index contributed by atoms with van der Waals surface area (Å²) in [5.74, 6) is -2.98. The van der Waals surface area contributed by atoms with Gasteiger partial charge in [-0.15, -0.1) is 13.2 Å². The molecule has 3 heterocycles. The summed E-state index contributed by atoms with van der Waals surface area (Å²) in [4.78, 5) is 60.6. The number of fused-ring (bicyclic) bond motifs is 1. The number of hydrogen-bond donors (Lipinski definition) is 1. The number of aliphatic hydroxyl groups excluding tert-OH is 1. The van der Waals surface area contributed by atoms with Crippen LogP contribution in [0.15, 0.2) is 55.6 Å². The van der Waals surface area contributed by atoms with E-state index in [0.717, 1.165) is 24.8 Å². The van der Waals surface area contributed by atoms with Gasteiger partial charge in [0.25, 0.3) is 0 Å². The predicted molar refractivity (Wildman–Crippen MR) is 174 cm³/mol. The first-order valence-electron chi connectivity index (χ1n) is 16.8. The van der Waals surface area contributed by atoms with Crippen LogP contribution >= 0.6 is 0 Å². The molecule has 0 unspecified atom stereocenters. The fraction of sp³-hybridized carbons (Fsp3) is 0.611. The van der Waals surface area contributed by atoms with Gasteiger partial charge in [-0.25, -0.2) is 0 Å². The number of rotatable bonds is 18. The van der Waals surface area contributed by atoms with Crippen LogP contribution in [0.5, 0.6) is 0 Å². The second-order valence-electron chi connectivity index (χ2n) is 12.8. The van der Waals surface area contributed by atoms with Gasteiger partial charge in [0.2, 0.25) is 17.7 Å². The number of hydrogen-bond acceptors (Lipinski definition) is 7. The molecule has 3 amide bonds. The number of aliphatic hydroxyl groups is 1. The summed E-state index contributed by atoms with van der Waals surface area (Å²) in [7, 11) is 1.70. The SMILES string of the molecule is C=CCCC(=O)N(C)[C@@H](C)[C@@H](OC(=O)[C@@H]1[C@H]2C(=O)N(CCCO)[C@H](C(=O)N(CC=C)CCCCC)[C@]23CC[C@H]1O3)c1ccccc1. The Morgan fingerprint density at radius 3 is 2.57 bits per heavy atom. The number of likely N-dealkylation sites (tertiary alicyclic amines) is 1. The summed E-state index contributed by atoms with van der Waals surface area (Å²) < 4.78 is 12.9. The Kier molecular flexibility index (Phi) is 12.2. The van der Waals surface area contributed by atoms with Gasteiger partial charge in [-0.05, 0) is 44.6 Å². The second kappa shape index (κ2) is 15.9. The van der Waals surface area contributed by atoms with Crippen molar-refractivity contribution < 1.29 is 33.8 Å². The number of ether oxygens (including phenoxy) is 2. The van der Waals surface area contributed by atoms with Crippen molar-refractivity contribution in [1.82, 2.24) is 14.7 Å². The zero-order valence-electron chi connectivity index (χ0n) is 27.6. The Labute approximate surface area is 273 Å². The molecule has 3 fully saturated rings. The third-order valence-electron chi connectivity index (χ3n) is 9.93. The van der Waals surface area contributed by atoms with E-state index in [1.165, 1.54) is 4.90 Å². The summed E-state index contributed by atoms with van der Waals surface area (Å²) in [6, 6.07) is 7.88. The molecule has 1 spiro atoms. The van der Waals surface area contributed by atoms with Gasteiger partial charge in [-0.3, -0.25) is 19.2 Å². The molecule has 2 bridgehead atoms. The molecule has 0 aliphatic carbocycles. The smallest absolute Gasteiger partial charge is 0.313 e. The van der Waals surface area contributed by atoms with E-state index in [1.807, 2.05) is 37.3 Å². The number of benzene rings is 1. The van der Waals surface area contributed by atoms with Crippen LogP contribution in [0.25, 0.3) is 0 Å². The van der Waals surface area contributed by atoms with E-state index in [4.69, 9.17) is 9.47 Å². The number of unbranched alkanes of at least 4 members (excludes halogenated alkanes) is 2. The molecule has 252 valence electrons. The highest BCUT2D eigenvalue weighted by Gasteiger charge is 2.75. The molecule has 10 heteroatoms. The average Bonchev–Trinajstić information content (AvgIpc) is 3.71. The Bertz CT molecular complexity index is 1260. The van der Waals surface area contributed by atoms with Crippen LogP contribution in [0.1, 0.15) is 76.9 Å². The van der Waals surface area contributed by atoms with Crippen LogP contribution < -0.4 is 0 Å². The minimum Gasteiger partial charge on any atom is -0.455 e. The molecule has 0 radical (unpaired) electrons. The lowest BCUT2D eigenvalue weighted by Crippen LogP contribution is -2.56. The molecule has 0 aromatic heterocycles. The standard InChI is InChI=1S/C36H51N3O7/c1-6-9-14-22-38(21-8-3)34(43)32-36-20-19-27(46-36)29(30(36)33(42)39(32)23-15-24-40)35(44)45-31(26-16-12-11-13-17-26)25(4)37(5)28(41)18-10-7-2/h7-8,11-13,16-17,25,27,29-32,40H,2-3,6,9-10,14-15,18-24H2,1,4-5H3/t25-,27+,29-,30-,31+,32+,36-/m0/s1. The lowest BCUT2D eigenvalue weighted by molar-refractivity contribution is -0.164. The number of likely N-dealkylation sites (N-methyl/N-ethyl adjacent to an activating group) is 1. The van der Waals surface area contributed by atoms with Gasteiger partial charge >= 0.3 is 5.97 Å². The van der Waals surface area contributed by atoms with Gasteiger partial charge < -0.3 is 29.3 Å². The zero-order valence-corrected chi connectivity index (χ0v) is 27.6. The van der Waals surface area contributed by atoms with Crippen LogP contribution in [0.4, 0.5) is 0 Å². The Morgan fingerprint density at radius 1 is 1.17 bits per heavy atom. The van der Waals surface area contributed by atoms with E-state index in [2.05, 4.69) is 20.1 Å². The summed E-state index contributed by atoms with van der Waals surface area (Å²) in [5, 5.41) is 9.65. The molecule has 10 nitrogen and oxygen atoms in total. The van der Waals surface area contributed by atoms with Crippen LogP contribution in [0.2, 0.25) is 0 Å². The van der Waals surface area contributed by atoms with Crippen molar-refractivity contribution >= 4 is 23.7 Å². The molecule has 1 N–H and O–H groups in total. The van der Waals surface area contributed by atoms with Gasteiger partial charge in [-0.1, -0.05) is 62.2 Å². The third kappa shape index (κ3) is 6.93. The highest BCUT2D eigenvalue weighted by atomic mass is 16.6. The molecular formula is C36H51N3O7. The Morgan fingerprint density at radius 2 is 1.91 bits per heavy atom. The average molecular weight is 638 g/mol. The summed E-state index contributed by atoms with van der Waals surface area (Å²) in [6.45, 7) is 12.4. The maximum atomic E-state index is 14.3. The van der Waals surface area contributed by atoms with Crippen molar-refractivity contribution in [3.05, 3.63) is 61.2 Å². The first-order valence-corrected chi connectivity index (χ1v) is 16.8. The normalized spacial score (nSPS) is 25.9. The van der Waals surface area contributed by atoms with Crippen molar-refractivity contribution in [2.24, 2.45) is 11.8 Å². The fourth-order valence-corrected chi connectivity index (χ4v) is 7.48. The molecule has 46 heavy (non-hydrogen) atoms. The van der Waals surface area contributed by atoms with Crippen molar-refractivity contribution in [3.63, 3.8) is 0 Å². The molecular weight excluding hydrogens is 586 g/mol. The van der Waals surface area contributed by atoms with Crippen molar-refractivity contribution in [3.8, 4) is 0 Å². The summed E-state index contributed by atoms with van der Waals surface area (Å²) >= 11 is 0. The zero-order chi connectivity index (χ0) is 33.4. The monoisotopic (exact) mass is 637 g/mol. The number of nitrogens with zero attached hydrogens (tertiary/aromatic N) is 3. The minimum absolute atomic E-state index is 0.0959. The maximum Gasteiger partial charge on any atom is 0.313 e. The van der Waals surface area contributed by atoms with E-state index >= 15 is 0 Å². The molecule has 3 aliphatic heterocycles. The lowest BCUT2D eigenvalue weighted by atomic mass is 9.70. The molecule has 1 aromatic rings. The van der Waals surface area contributed by atoms with E-state index in [9.17, 15) is 24.3 Å². The van der Waals surface area contributed by atoms with Crippen LogP contribution in [0, 0.1) is 11.8 Å². The highest BCUT2D eigenvalue weighted by Crippen LogP contribution is 2.59. The van der Waals surface area contributed by atoms with Gasteiger partial charge in [-0.2, -0.15) is 0 Å². The number of esters is 1. The Hall–Kier alpha value is -3.50. The van der Waals surface area contributed by atoms with Gasteiger partial charge in [0.15, 0.2) is 0 Å². The number of amides is 3. The molecule has 3 saturated heterocycles. The second-order valence-corrected chi connectivity index (χ2v) is 12.8. The van der Waals surface area contributed by atoms with Crippen LogP contribution in [-0.4, -0.2) is 101 Å². The number of carbonyl (C=O) groups excluding carboxylic acids is 4. The summed E-state index contributed by atoms with van der Waals surface area (Å²) in [6.07, 6.45) is 6.93. The number of carbonyl (C=O) groups is 4. The summed E-state index contributed by atoms with van der Waals surface area (Å²) in [5.41, 5.74) is -0.430. The fourth-order valence-electron chi connectivity index (χ4n) is 7.48. The minimum atomic E-state index is -1.16. The van der Waals surface area contributed by atoms with E-state index in [0.29, 0.717) is 38.8 Å². The van der Waals surface area contributed by atoms with Gasteiger partial charge in [0, 0.05) is 39.7 Å². The predicted octanol–water partition coefficient (Wildman–Crippen LogP) is 4.05. The first kappa shape index (κ1) is 35.4. The molecule has 1 aromatic carbocycles. The molecule has 7 atom stereocenters. The molecule has 0 saturated carbocycles. The number of allylic oxidation sites excluding steroid dienone is 1. The molecule has 4 rings (SSSR count). The Balaban J connectivity index is 1.65. The lowest BCUT2D eigenvalue weighted by Gasteiger charge is -2.37. The van der Waals surface area contributed by atoms with E-state index < -0.39 is 47.7 Å². The van der Waals surface area contributed by atoms with E-state index in [1.54, 1.807) is 29.0 Å². The van der Waals surface area contributed by atoms with Crippen LogP contribution in [-0.2, 0) is 28.7 Å².